The van der Waals surface area contributed by atoms with Crippen molar-refractivity contribution in [1.29, 1.82) is 5.41 Å². The standard InChI is InChI=1S/C10H18N2/c1-3-4-7-9-6(2)5-8(11)12-10(7)9/h6-7,9-10H,3-5H2,1-2H3,(H2,11,12). The van der Waals surface area contributed by atoms with Crippen LogP contribution in [0.15, 0.2) is 0 Å². The number of amidine groups is 1. The Morgan fingerprint density at radius 2 is 2.33 bits per heavy atom. The van der Waals surface area contributed by atoms with E-state index in [1.807, 2.05) is 0 Å². The van der Waals surface area contributed by atoms with Crippen LogP contribution >= 0.6 is 0 Å². The fourth-order valence-electron chi connectivity index (χ4n) is 2.80. The van der Waals surface area contributed by atoms with E-state index in [4.69, 9.17) is 5.41 Å². The Morgan fingerprint density at radius 3 is 3.00 bits per heavy atom. The Bertz CT molecular complexity index is 200. The summed E-state index contributed by atoms with van der Waals surface area (Å²) in [6, 6.07) is 0.668. The van der Waals surface area contributed by atoms with Crippen molar-refractivity contribution < 1.29 is 0 Å². The van der Waals surface area contributed by atoms with E-state index in [-0.39, 0.29) is 0 Å². The van der Waals surface area contributed by atoms with E-state index >= 15 is 0 Å². The molecule has 1 aliphatic heterocycles. The summed E-state index contributed by atoms with van der Waals surface area (Å²) in [4.78, 5) is 0. The van der Waals surface area contributed by atoms with Gasteiger partial charge in [0.1, 0.15) is 0 Å². The summed E-state index contributed by atoms with van der Waals surface area (Å²) in [5.74, 6) is 3.29. The Kier molecular flexibility index (Phi) is 1.85. The number of nitrogens with one attached hydrogen (secondary N) is 2. The Labute approximate surface area is 74.2 Å². The molecule has 0 radical (unpaired) electrons. The van der Waals surface area contributed by atoms with Crippen LogP contribution in [0.2, 0.25) is 0 Å². The Balaban J connectivity index is 1.96. The fourth-order valence-corrected chi connectivity index (χ4v) is 2.80. The molecule has 4 atom stereocenters. The molecule has 1 heterocycles. The van der Waals surface area contributed by atoms with Crippen LogP contribution in [-0.4, -0.2) is 11.9 Å². The summed E-state index contributed by atoms with van der Waals surface area (Å²) in [6.45, 7) is 4.54. The van der Waals surface area contributed by atoms with Gasteiger partial charge >= 0.3 is 0 Å². The predicted molar refractivity (Wildman–Crippen MR) is 50.3 cm³/mol. The second-order valence-electron chi connectivity index (χ2n) is 4.36. The van der Waals surface area contributed by atoms with Gasteiger partial charge in [0.25, 0.3) is 0 Å². The zero-order valence-corrected chi connectivity index (χ0v) is 7.93. The largest absolute Gasteiger partial charge is 0.371 e. The lowest BCUT2D eigenvalue weighted by Crippen LogP contribution is -2.33. The smallest absolute Gasteiger partial charge is 0.0936 e. The summed E-state index contributed by atoms with van der Waals surface area (Å²) in [7, 11) is 0. The summed E-state index contributed by atoms with van der Waals surface area (Å²) >= 11 is 0. The molecule has 2 aliphatic rings. The number of rotatable bonds is 2. The van der Waals surface area contributed by atoms with Gasteiger partial charge < -0.3 is 5.32 Å². The summed E-state index contributed by atoms with van der Waals surface area (Å²) in [5.41, 5.74) is 0. The first-order chi connectivity index (χ1) is 5.74. The lowest BCUT2D eigenvalue weighted by molar-refractivity contribution is 0.452. The Hall–Kier alpha value is -0.530. The average Bonchev–Trinajstić information content (AvgIpc) is 2.63. The highest BCUT2D eigenvalue weighted by molar-refractivity contribution is 5.81. The molecule has 2 N–H and O–H groups in total. The molecule has 1 aliphatic carbocycles. The molecule has 4 unspecified atom stereocenters. The van der Waals surface area contributed by atoms with Crippen molar-refractivity contribution in [2.24, 2.45) is 17.8 Å². The average molecular weight is 166 g/mol. The van der Waals surface area contributed by atoms with Gasteiger partial charge in [-0.05, 0) is 24.2 Å². The molecule has 0 aromatic heterocycles. The van der Waals surface area contributed by atoms with Crippen molar-refractivity contribution in [3.63, 3.8) is 0 Å². The Morgan fingerprint density at radius 1 is 1.58 bits per heavy atom. The van der Waals surface area contributed by atoms with Crippen molar-refractivity contribution in [2.75, 3.05) is 0 Å². The molecule has 2 heteroatoms. The van der Waals surface area contributed by atoms with Gasteiger partial charge in [-0.1, -0.05) is 20.3 Å². The highest BCUT2D eigenvalue weighted by Gasteiger charge is 2.54. The van der Waals surface area contributed by atoms with E-state index in [0.717, 1.165) is 30.0 Å². The van der Waals surface area contributed by atoms with E-state index in [9.17, 15) is 0 Å². The van der Waals surface area contributed by atoms with E-state index < -0.39 is 0 Å². The van der Waals surface area contributed by atoms with Gasteiger partial charge in [0.15, 0.2) is 0 Å². The minimum atomic E-state index is 0.668. The molecule has 2 nitrogen and oxygen atoms in total. The maximum absolute atomic E-state index is 7.59. The van der Waals surface area contributed by atoms with Crippen LogP contribution in [-0.2, 0) is 0 Å². The highest BCUT2D eigenvalue weighted by Crippen LogP contribution is 2.50. The molecule has 1 saturated heterocycles. The third kappa shape index (κ3) is 1.13. The van der Waals surface area contributed by atoms with Crippen LogP contribution in [0, 0.1) is 23.2 Å². The first kappa shape index (κ1) is 8.09. The molecule has 0 bridgehead atoms. The van der Waals surface area contributed by atoms with Gasteiger partial charge in [-0.2, -0.15) is 0 Å². The lowest BCUT2D eigenvalue weighted by Gasteiger charge is -2.18. The number of hydrogen-bond acceptors (Lipinski definition) is 1. The van der Waals surface area contributed by atoms with Gasteiger partial charge in [0.2, 0.25) is 0 Å². The van der Waals surface area contributed by atoms with Crippen molar-refractivity contribution in [1.82, 2.24) is 5.32 Å². The van der Waals surface area contributed by atoms with Gasteiger partial charge in [-0.15, -0.1) is 0 Å². The number of piperidine rings is 1. The first-order valence-electron chi connectivity index (χ1n) is 5.08. The molecule has 2 fully saturated rings. The molecule has 0 spiro atoms. The van der Waals surface area contributed by atoms with Gasteiger partial charge in [-0.3, -0.25) is 5.41 Å². The zero-order chi connectivity index (χ0) is 8.72. The molecule has 0 aromatic rings. The molecular formula is C10H18N2. The van der Waals surface area contributed by atoms with E-state index in [1.165, 1.54) is 12.8 Å². The normalized spacial score (nSPS) is 45.0. The van der Waals surface area contributed by atoms with E-state index in [1.54, 1.807) is 0 Å². The van der Waals surface area contributed by atoms with Gasteiger partial charge in [0, 0.05) is 12.5 Å². The van der Waals surface area contributed by atoms with Crippen LogP contribution in [0.4, 0.5) is 0 Å². The SMILES string of the molecule is CCCC1C2NC(=N)CC(C)C12. The van der Waals surface area contributed by atoms with Crippen LogP contribution < -0.4 is 5.32 Å². The monoisotopic (exact) mass is 166 g/mol. The topological polar surface area (TPSA) is 35.9 Å². The van der Waals surface area contributed by atoms with E-state index in [0.29, 0.717) is 6.04 Å². The summed E-state index contributed by atoms with van der Waals surface area (Å²) in [5, 5.41) is 10.9. The quantitative estimate of drug-likeness (QED) is 0.646. The molecule has 2 rings (SSSR count). The molecular weight excluding hydrogens is 148 g/mol. The third-order valence-electron chi connectivity index (χ3n) is 3.38. The fraction of sp³-hybridized carbons (Fsp3) is 0.900. The maximum atomic E-state index is 7.59. The van der Waals surface area contributed by atoms with Crippen LogP contribution in [0.5, 0.6) is 0 Å². The van der Waals surface area contributed by atoms with Crippen molar-refractivity contribution >= 4 is 5.84 Å². The first-order valence-corrected chi connectivity index (χ1v) is 5.08. The van der Waals surface area contributed by atoms with Crippen LogP contribution in [0.25, 0.3) is 0 Å². The minimum absolute atomic E-state index is 0.668. The maximum Gasteiger partial charge on any atom is 0.0936 e. The third-order valence-corrected chi connectivity index (χ3v) is 3.38. The van der Waals surface area contributed by atoms with Gasteiger partial charge in [0.05, 0.1) is 5.84 Å². The second kappa shape index (κ2) is 2.75. The van der Waals surface area contributed by atoms with Crippen LogP contribution in [0.1, 0.15) is 33.1 Å². The number of fused-ring (bicyclic) bond motifs is 1. The second-order valence-corrected chi connectivity index (χ2v) is 4.36. The summed E-state index contributed by atoms with van der Waals surface area (Å²) < 4.78 is 0. The van der Waals surface area contributed by atoms with Gasteiger partial charge in [-0.25, -0.2) is 0 Å². The minimum Gasteiger partial charge on any atom is -0.371 e. The zero-order valence-electron chi connectivity index (χ0n) is 7.93. The molecule has 12 heavy (non-hydrogen) atoms. The van der Waals surface area contributed by atoms with Crippen molar-refractivity contribution in [3.8, 4) is 0 Å². The predicted octanol–water partition coefficient (Wildman–Crippen LogP) is 2.01. The lowest BCUT2D eigenvalue weighted by atomic mass is 9.97. The molecule has 68 valence electrons. The molecule has 1 saturated carbocycles. The highest BCUT2D eigenvalue weighted by atomic mass is 15.1. The number of hydrogen-bond donors (Lipinski definition) is 2. The van der Waals surface area contributed by atoms with Crippen LogP contribution in [0.3, 0.4) is 0 Å². The summed E-state index contributed by atoms with van der Waals surface area (Å²) in [6.07, 6.45) is 3.61. The molecule has 0 aromatic carbocycles. The van der Waals surface area contributed by atoms with Crippen molar-refractivity contribution in [2.45, 2.75) is 39.2 Å². The van der Waals surface area contributed by atoms with E-state index in [2.05, 4.69) is 19.2 Å². The van der Waals surface area contributed by atoms with Crippen molar-refractivity contribution in [3.05, 3.63) is 0 Å². The molecule has 0 amide bonds.